The van der Waals surface area contributed by atoms with E-state index in [-0.39, 0.29) is 12.5 Å². The molecule has 2 N–H and O–H groups in total. The van der Waals surface area contributed by atoms with Gasteiger partial charge in [-0.05, 0) is 37.6 Å². The van der Waals surface area contributed by atoms with Crippen LogP contribution in [0.15, 0.2) is 28.8 Å². The van der Waals surface area contributed by atoms with Crippen LogP contribution in [-0.4, -0.2) is 40.9 Å². The van der Waals surface area contributed by atoms with Crippen molar-refractivity contribution in [1.82, 2.24) is 15.5 Å². The Kier molecular flexibility index (Phi) is 6.10. The van der Waals surface area contributed by atoms with E-state index in [9.17, 15) is 4.79 Å². The molecule has 0 saturated carbocycles. The molecular formula is C16H21N3O4. The Hall–Kier alpha value is -2.41. The van der Waals surface area contributed by atoms with Gasteiger partial charge in [-0.1, -0.05) is 5.16 Å². The maximum Gasteiger partial charge on any atom is 0.226 e. The molecular weight excluding hydrogens is 298 g/mol. The van der Waals surface area contributed by atoms with Crippen LogP contribution in [0.3, 0.4) is 0 Å². The lowest BCUT2D eigenvalue weighted by Gasteiger charge is -2.05. The quantitative estimate of drug-likeness (QED) is 0.766. The highest BCUT2D eigenvalue weighted by atomic mass is 16.5. The van der Waals surface area contributed by atoms with E-state index in [0.717, 1.165) is 11.3 Å². The number of aliphatic hydroxyl groups is 1. The molecule has 1 amide bonds. The Labute approximate surface area is 134 Å². The minimum absolute atomic E-state index is 0.0965. The first-order valence-electron chi connectivity index (χ1n) is 7.50. The molecule has 0 aliphatic rings. The summed E-state index contributed by atoms with van der Waals surface area (Å²) in [7, 11) is 1.61. The van der Waals surface area contributed by atoms with Crippen molar-refractivity contribution < 1.29 is 19.2 Å². The second kappa shape index (κ2) is 8.28. The highest BCUT2D eigenvalue weighted by Crippen LogP contribution is 2.20. The summed E-state index contributed by atoms with van der Waals surface area (Å²) in [5.74, 6) is 1.68. The molecule has 0 bridgehead atoms. The molecule has 124 valence electrons. The van der Waals surface area contributed by atoms with Crippen LogP contribution in [0.4, 0.5) is 0 Å². The van der Waals surface area contributed by atoms with Crippen LogP contribution in [-0.2, 0) is 11.2 Å². The highest BCUT2D eigenvalue weighted by molar-refractivity contribution is 5.75. The van der Waals surface area contributed by atoms with Crippen LogP contribution in [0.25, 0.3) is 11.4 Å². The minimum atomic E-state index is -0.540. The van der Waals surface area contributed by atoms with Crippen LogP contribution in [0.5, 0.6) is 5.75 Å². The third-order valence-corrected chi connectivity index (χ3v) is 3.21. The fourth-order valence-electron chi connectivity index (χ4n) is 1.96. The van der Waals surface area contributed by atoms with Crippen LogP contribution in [0.2, 0.25) is 0 Å². The van der Waals surface area contributed by atoms with E-state index in [4.69, 9.17) is 14.4 Å². The third kappa shape index (κ3) is 5.37. The number of carbonyl (C=O) groups excluding carboxylic acids is 1. The molecule has 1 atom stereocenters. The van der Waals surface area contributed by atoms with Gasteiger partial charge in [-0.25, -0.2) is 0 Å². The molecule has 0 fully saturated rings. The topological polar surface area (TPSA) is 97.5 Å². The van der Waals surface area contributed by atoms with Crippen LogP contribution in [0, 0.1) is 0 Å². The van der Waals surface area contributed by atoms with Gasteiger partial charge < -0.3 is 19.7 Å². The summed E-state index contributed by atoms with van der Waals surface area (Å²) in [6, 6.07) is 7.38. The van der Waals surface area contributed by atoms with Crippen molar-refractivity contribution in [3.05, 3.63) is 30.2 Å². The number of nitrogens with zero attached hydrogens (tertiary/aromatic N) is 2. The number of aliphatic hydroxyl groups excluding tert-OH is 1. The summed E-state index contributed by atoms with van der Waals surface area (Å²) in [6.07, 6.45) is 0.954. The van der Waals surface area contributed by atoms with E-state index < -0.39 is 6.10 Å². The zero-order valence-corrected chi connectivity index (χ0v) is 13.3. The number of methoxy groups -OCH3 is 1. The van der Waals surface area contributed by atoms with E-state index in [0.29, 0.717) is 31.0 Å². The molecule has 7 nitrogen and oxygen atoms in total. The van der Waals surface area contributed by atoms with Crippen LogP contribution in [0.1, 0.15) is 25.7 Å². The summed E-state index contributed by atoms with van der Waals surface area (Å²) in [5, 5.41) is 15.7. The van der Waals surface area contributed by atoms with Gasteiger partial charge in [0.2, 0.25) is 17.6 Å². The smallest absolute Gasteiger partial charge is 0.226 e. The number of benzene rings is 1. The van der Waals surface area contributed by atoms with Gasteiger partial charge in [0, 0.05) is 24.9 Å². The van der Waals surface area contributed by atoms with Crippen molar-refractivity contribution in [3.63, 3.8) is 0 Å². The number of hydrogen-bond acceptors (Lipinski definition) is 6. The summed E-state index contributed by atoms with van der Waals surface area (Å²) in [4.78, 5) is 15.8. The van der Waals surface area contributed by atoms with Crippen molar-refractivity contribution >= 4 is 5.91 Å². The molecule has 0 saturated heterocycles. The van der Waals surface area contributed by atoms with Gasteiger partial charge >= 0.3 is 0 Å². The normalized spacial score (nSPS) is 12.0. The third-order valence-electron chi connectivity index (χ3n) is 3.21. The Morgan fingerprint density at radius 1 is 1.39 bits per heavy atom. The number of amides is 1. The Balaban J connectivity index is 1.81. The molecule has 0 spiro atoms. The summed E-state index contributed by atoms with van der Waals surface area (Å²) in [5.41, 5.74) is 0.843. The number of ether oxygens (including phenoxy) is 1. The molecule has 1 aromatic heterocycles. The number of aromatic nitrogens is 2. The van der Waals surface area contributed by atoms with E-state index >= 15 is 0 Å². The summed E-state index contributed by atoms with van der Waals surface area (Å²) in [6.45, 7) is 1.89. The van der Waals surface area contributed by atoms with Gasteiger partial charge in [0.1, 0.15) is 5.75 Å². The average molecular weight is 319 g/mol. The van der Waals surface area contributed by atoms with Crippen molar-refractivity contribution in [1.29, 1.82) is 0 Å². The molecule has 1 unspecified atom stereocenters. The van der Waals surface area contributed by atoms with Crippen molar-refractivity contribution in [3.8, 4) is 17.1 Å². The van der Waals surface area contributed by atoms with Gasteiger partial charge in [0.15, 0.2) is 0 Å². The first kappa shape index (κ1) is 17.0. The lowest BCUT2D eigenvalue weighted by atomic mass is 10.2. The number of nitrogens with one attached hydrogen (secondary N) is 1. The maximum absolute atomic E-state index is 11.5. The lowest BCUT2D eigenvalue weighted by molar-refractivity contribution is -0.121. The Morgan fingerprint density at radius 2 is 2.13 bits per heavy atom. The van der Waals surface area contributed by atoms with E-state index in [1.807, 2.05) is 24.3 Å². The van der Waals surface area contributed by atoms with Gasteiger partial charge in [0.05, 0.1) is 13.2 Å². The van der Waals surface area contributed by atoms with Crippen LogP contribution < -0.4 is 10.1 Å². The largest absolute Gasteiger partial charge is 0.497 e. The fraction of sp³-hybridized carbons (Fsp3) is 0.438. The zero-order valence-electron chi connectivity index (χ0n) is 13.3. The van der Waals surface area contributed by atoms with Gasteiger partial charge in [0.25, 0.3) is 0 Å². The molecule has 2 aromatic rings. The fourth-order valence-corrected chi connectivity index (χ4v) is 1.96. The monoisotopic (exact) mass is 319 g/mol. The molecule has 23 heavy (non-hydrogen) atoms. The number of carbonyl (C=O) groups is 1. The molecule has 2 rings (SSSR count). The second-order valence-electron chi connectivity index (χ2n) is 5.25. The van der Waals surface area contributed by atoms with Crippen molar-refractivity contribution in [2.75, 3.05) is 13.7 Å². The average Bonchev–Trinajstić information content (AvgIpc) is 3.02. The highest BCUT2D eigenvalue weighted by Gasteiger charge is 2.10. The lowest BCUT2D eigenvalue weighted by Crippen LogP contribution is -2.30. The van der Waals surface area contributed by atoms with Crippen molar-refractivity contribution in [2.45, 2.75) is 32.3 Å². The standard InChI is InChI=1S/C16H21N3O4/c1-11(20)10-17-14(21)4-3-5-15-18-16(19-23-15)12-6-8-13(22-2)9-7-12/h6-9,11,20H,3-5,10H2,1-2H3,(H,17,21). The van der Waals surface area contributed by atoms with E-state index in [1.165, 1.54) is 0 Å². The molecule has 1 aromatic carbocycles. The van der Waals surface area contributed by atoms with Gasteiger partial charge in [-0.3, -0.25) is 4.79 Å². The number of rotatable bonds is 8. The molecule has 7 heteroatoms. The maximum atomic E-state index is 11.5. The SMILES string of the molecule is COc1ccc(-c2noc(CCCC(=O)NCC(C)O)n2)cc1. The van der Waals surface area contributed by atoms with Gasteiger partial charge in [-0.15, -0.1) is 0 Å². The Morgan fingerprint density at radius 3 is 2.78 bits per heavy atom. The summed E-state index contributed by atoms with van der Waals surface area (Å²) >= 11 is 0. The predicted molar refractivity (Wildman–Crippen MR) is 83.9 cm³/mol. The number of hydrogen-bond donors (Lipinski definition) is 2. The predicted octanol–water partition coefficient (Wildman–Crippen LogP) is 1.56. The van der Waals surface area contributed by atoms with E-state index in [2.05, 4.69) is 15.5 Å². The van der Waals surface area contributed by atoms with Gasteiger partial charge in [-0.2, -0.15) is 4.98 Å². The molecule has 1 heterocycles. The first-order valence-corrected chi connectivity index (χ1v) is 7.50. The summed E-state index contributed by atoms with van der Waals surface area (Å²) < 4.78 is 10.3. The molecule has 0 aliphatic heterocycles. The van der Waals surface area contributed by atoms with E-state index in [1.54, 1.807) is 14.0 Å². The molecule has 0 radical (unpaired) electrons. The van der Waals surface area contributed by atoms with Crippen molar-refractivity contribution in [2.24, 2.45) is 0 Å². The zero-order chi connectivity index (χ0) is 16.7. The second-order valence-corrected chi connectivity index (χ2v) is 5.25. The van der Waals surface area contributed by atoms with Crippen LogP contribution >= 0.6 is 0 Å². The number of aryl methyl sites for hydroxylation is 1. The first-order chi connectivity index (χ1) is 11.1. The molecule has 0 aliphatic carbocycles. The Bertz CT molecular complexity index is 623. The minimum Gasteiger partial charge on any atom is -0.497 e.